The van der Waals surface area contributed by atoms with Crippen molar-refractivity contribution in [1.82, 2.24) is 9.88 Å². The van der Waals surface area contributed by atoms with Crippen LogP contribution in [0, 0.1) is 6.92 Å². The quantitative estimate of drug-likeness (QED) is 0.820. The number of aliphatic hydroxyl groups excluding tert-OH is 1. The van der Waals surface area contributed by atoms with Gasteiger partial charge in [0.1, 0.15) is 0 Å². The summed E-state index contributed by atoms with van der Waals surface area (Å²) in [5, 5.41) is 10.9. The molecule has 1 aromatic heterocycles. The van der Waals surface area contributed by atoms with Crippen LogP contribution in [0.5, 0.6) is 0 Å². The van der Waals surface area contributed by atoms with E-state index >= 15 is 0 Å². The van der Waals surface area contributed by atoms with Crippen molar-refractivity contribution in [3.8, 4) is 0 Å². The Kier molecular flexibility index (Phi) is 5.95. The molecule has 0 spiro atoms. The summed E-state index contributed by atoms with van der Waals surface area (Å²) in [4.78, 5) is 6.69. The Bertz CT molecular complexity index is 367. The standard InChI is InChI=1S/C16H28N2O/c1-6-16(7-2,18(8-3)9-4)15(19)14-11-10-13(5)17-12-14/h10-12,15,19H,6-9H2,1-5H3. The smallest absolute Gasteiger partial charge is 0.0988 e. The average molecular weight is 264 g/mol. The molecule has 1 rings (SSSR count). The summed E-state index contributed by atoms with van der Waals surface area (Å²) >= 11 is 0. The molecule has 0 aromatic carbocycles. The van der Waals surface area contributed by atoms with Crippen molar-refractivity contribution in [2.45, 2.75) is 59.1 Å². The molecule has 0 saturated carbocycles. The van der Waals surface area contributed by atoms with Gasteiger partial charge in [-0.1, -0.05) is 33.8 Å². The number of hydrogen-bond acceptors (Lipinski definition) is 3. The Morgan fingerprint density at radius 2 is 1.74 bits per heavy atom. The molecule has 3 heteroatoms. The Balaban J connectivity index is 3.13. The fraction of sp³-hybridized carbons (Fsp3) is 0.688. The summed E-state index contributed by atoms with van der Waals surface area (Å²) in [6, 6.07) is 3.97. The second kappa shape index (κ2) is 7.01. The molecular formula is C16H28N2O. The van der Waals surface area contributed by atoms with Crippen molar-refractivity contribution in [3.63, 3.8) is 0 Å². The van der Waals surface area contributed by atoms with Crippen LogP contribution in [0.25, 0.3) is 0 Å². The highest BCUT2D eigenvalue weighted by Crippen LogP contribution is 2.37. The molecule has 0 aliphatic heterocycles. The van der Waals surface area contributed by atoms with Crippen molar-refractivity contribution in [3.05, 3.63) is 29.6 Å². The minimum absolute atomic E-state index is 0.194. The maximum absolute atomic E-state index is 10.9. The number of likely N-dealkylation sites (N-methyl/N-ethyl adjacent to an activating group) is 1. The van der Waals surface area contributed by atoms with Crippen LogP contribution in [0.3, 0.4) is 0 Å². The molecule has 1 heterocycles. The van der Waals surface area contributed by atoms with Crippen molar-refractivity contribution < 1.29 is 5.11 Å². The third-order valence-electron chi connectivity index (χ3n) is 4.38. The third kappa shape index (κ3) is 3.15. The normalized spacial score (nSPS) is 13.8. The predicted molar refractivity (Wildman–Crippen MR) is 80.2 cm³/mol. The van der Waals surface area contributed by atoms with E-state index in [1.807, 2.05) is 25.3 Å². The molecule has 0 radical (unpaired) electrons. The average Bonchev–Trinajstić information content (AvgIpc) is 2.45. The first-order valence-electron chi connectivity index (χ1n) is 7.41. The highest BCUT2D eigenvalue weighted by molar-refractivity contribution is 5.20. The van der Waals surface area contributed by atoms with E-state index in [9.17, 15) is 5.11 Å². The zero-order chi connectivity index (χ0) is 14.5. The van der Waals surface area contributed by atoms with Crippen LogP contribution in [0.1, 0.15) is 57.9 Å². The van der Waals surface area contributed by atoms with E-state index in [0.29, 0.717) is 0 Å². The SMILES string of the molecule is CCN(CC)C(CC)(CC)C(O)c1ccc(C)nc1. The fourth-order valence-electron chi connectivity index (χ4n) is 3.06. The molecule has 108 valence electrons. The van der Waals surface area contributed by atoms with E-state index in [4.69, 9.17) is 0 Å². The van der Waals surface area contributed by atoms with E-state index in [1.54, 1.807) is 0 Å². The number of nitrogens with zero attached hydrogens (tertiary/aromatic N) is 2. The number of pyridine rings is 1. The van der Waals surface area contributed by atoms with Crippen LogP contribution in [-0.4, -0.2) is 33.6 Å². The maximum atomic E-state index is 10.9. The van der Waals surface area contributed by atoms with Crippen LogP contribution in [0.4, 0.5) is 0 Å². The van der Waals surface area contributed by atoms with Crippen molar-refractivity contribution in [2.75, 3.05) is 13.1 Å². The van der Waals surface area contributed by atoms with E-state index in [2.05, 4.69) is 37.6 Å². The Morgan fingerprint density at radius 3 is 2.11 bits per heavy atom. The minimum atomic E-state index is -0.490. The van der Waals surface area contributed by atoms with Gasteiger partial charge in [-0.3, -0.25) is 9.88 Å². The van der Waals surface area contributed by atoms with Gasteiger partial charge < -0.3 is 5.11 Å². The maximum Gasteiger partial charge on any atom is 0.0988 e. The summed E-state index contributed by atoms with van der Waals surface area (Å²) < 4.78 is 0. The van der Waals surface area contributed by atoms with Gasteiger partial charge in [0, 0.05) is 17.5 Å². The number of aromatic nitrogens is 1. The largest absolute Gasteiger partial charge is 0.386 e. The van der Waals surface area contributed by atoms with Crippen molar-refractivity contribution >= 4 is 0 Å². The first kappa shape index (κ1) is 16.1. The van der Waals surface area contributed by atoms with E-state index in [-0.39, 0.29) is 5.54 Å². The molecule has 1 N–H and O–H groups in total. The molecule has 0 aliphatic rings. The molecular weight excluding hydrogens is 236 g/mol. The van der Waals surface area contributed by atoms with Crippen molar-refractivity contribution in [1.29, 1.82) is 0 Å². The van der Waals surface area contributed by atoms with E-state index < -0.39 is 6.10 Å². The second-order valence-corrected chi connectivity index (χ2v) is 5.12. The van der Waals surface area contributed by atoms with Gasteiger partial charge in [-0.15, -0.1) is 0 Å². The molecule has 1 unspecified atom stereocenters. The minimum Gasteiger partial charge on any atom is -0.386 e. The number of rotatable bonds is 7. The van der Waals surface area contributed by atoms with E-state index in [1.165, 1.54) is 0 Å². The fourth-order valence-corrected chi connectivity index (χ4v) is 3.06. The Hall–Kier alpha value is -0.930. The van der Waals surface area contributed by atoms with Gasteiger partial charge in [0.05, 0.1) is 11.6 Å². The molecule has 1 aromatic rings. The molecule has 3 nitrogen and oxygen atoms in total. The Labute approximate surface area is 117 Å². The van der Waals surface area contributed by atoms with Gasteiger partial charge in [0.2, 0.25) is 0 Å². The van der Waals surface area contributed by atoms with Gasteiger partial charge in [-0.05, 0) is 38.9 Å². The van der Waals surface area contributed by atoms with Crippen LogP contribution < -0.4 is 0 Å². The molecule has 19 heavy (non-hydrogen) atoms. The Morgan fingerprint density at radius 1 is 1.16 bits per heavy atom. The van der Waals surface area contributed by atoms with Gasteiger partial charge >= 0.3 is 0 Å². The van der Waals surface area contributed by atoms with Crippen LogP contribution in [-0.2, 0) is 0 Å². The lowest BCUT2D eigenvalue weighted by Crippen LogP contribution is -2.52. The second-order valence-electron chi connectivity index (χ2n) is 5.12. The molecule has 0 bridgehead atoms. The van der Waals surface area contributed by atoms with E-state index in [0.717, 1.165) is 37.2 Å². The first-order valence-corrected chi connectivity index (χ1v) is 7.41. The van der Waals surface area contributed by atoms with Crippen LogP contribution in [0.2, 0.25) is 0 Å². The topological polar surface area (TPSA) is 36.4 Å². The number of aliphatic hydroxyl groups is 1. The summed E-state index contributed by atoms with van der Waals surface area (Å²) in [6.07, 6.45) is 3.18. The molecule has 0 amide bonds. The number of hydrogen-bond donors (Lipinski definition) is 1. The monoisotopic (exact) mass is 264 g/mol. The van der Waals surface area contributed by atoms with Crippen LogP contribution >= 0.6 is 0 Å². The van der Waals surface area contributed by atoms with Gasteiger partial charge in [-0.2, -0.15) is 0 Å². The zero-order valence-electron chi connectivity index (χ0n) is 13.0. The molecule has 0 saturated heterocycles. The molecule has 0 aliphatic carbocycles. The summed E-state index contributed by atoms with van der Waals surface area (Å²) in [5.41, 5.74) is 1.71. The van der Waals surface area contributed by atoms with Gasteiger partial charge in [-0.25, -0.2) is 0 Å². The molecule has 1 atom stereocenters. The summed E-state index contributed by atoms with van der Waals surface area (Å²) in [5.74, 6) is 0. The highest BCUT2D eigenvalue weighted by Gasteiger charge is 2.39. The predicted octanol–water partition coefficient (Wildman–Crippen LogP) is 3.32. The third-order valence-corrected chi connectivity index (χ3v) is 4.38. The lowest BCUT2D eigenvalue weighted by Gasteiger charge is -2.45. The highest BCUT2D eigenvalue weighted by atomic mass is 16.3. The van der Waals surface area contributed by atoms with Gasteiger partial charge in [0.25, 0.3) is 0 Å². The number of aryl methyl sites for hydroxylation is 1. The summed E-state index contributed by atoms with van der Waals surface area (Å²) in [7, 11) is 0. The van der Waals surface area contributed by atoms with Crippen LogP contribution in [0.15, 0.2) is 18.3 Å². The lowest BCUT2D eigenvalue weighted by atomic mass is 9.81. The van der Waals surface area contributed by atoms with Gasteiger partial charge in [0.15, 0.2) is 0 Å². The molecule has 0 fully saturated rings. The lowest BCUT2D eigenvalue weighted by molar-refractivity contribution is -0.0367. The first-order chi connectivity index (χ1) is 9.05. The summed E-state index contributed by atoms with van der Waals surface area (Å²) in [6.45, 7) is 12.5. The van der Waals surface area contributed by atoms with Crippen molar-refractivity contribution in [2.24, 2.45) is 0 Å². The zero-order valence-corrected chi connectivity index (χ0v) is 13.0.